The number of benzene rings is 2. The maximum Gasteiger partial charge on any atom is 0.241 e. The summed E-state index contributed by atoms with van der Waals surface area (Å²) in [6, 6.07) is 15.0. The van der Waals surface area contributed by atoms with E-state index in [1.807, 2.05) is 31.2 Å². The molecule has 2 heterocycles. The number of piperazine rings is 1. The predicted molar refractivity (Wildman–Crippen MR) is 126 cm³/mol. The highest BCUT2D eigenvalue weighted by molar-refractivity contribution is 5.95. The highest BCUT2D eigenvalue weighted by Gasteiger charge is 2.20. The number of ketones is 1. The third-order valence-electron chi connectivity index (χ3n) is 5.83. The maximum absolute atomic E-state index is 12.3. The minimum atomic E-state index is -0.0255. The molecule has 1 aliphatic heterocycles. The van der Waals surface area contributed by atoms with Gasteiger partial charge in [0.15, 0.2) is 5.78 Å². The van der Waals surface area contributed by atoms with Crippen molar-refractivity contribution in [3.8, 4) is 11.4 Å². The first kappa shape index (κ1) is 22.8. The van der Waals surface area contributed by atoms with E-state index in [1.165, 1.54) is 12.5 Å². The van der Waals surface area contributed by atoms with Gasteiger partial charge in [0.2, 0.25) is 17.6 Å². The van der Waals surface area contributed by atoms with E-state index in [0.717, 1.165) is 31.7 Å². The zero-order chi connectivity index (χ0) is 23.2. The Morgan fingerprint density at radius 2 is 1.64 bits per heavy atom. The second-order valence-electron chi connectivity index (χ2n) is 8.43. The van der Waals surface area contributed by atoms with E-state index in [1.54, 1.807) is 24.3 Å². The number of amides is 1. The van der Waals surface area contributed by atoms with Gasteiger partial charge in [-0.05, 0) is 38.1 Å². The fourth-order valence-corrected chi connectivity index (χ4v) is 3.77. The van der Waals surface area contributed by atoms with Gasteiger partial charge in [0, 0.05) is 56.0 Å². The average molecular weight is 448 g/mol. The fraction of sp³-hybridized carbons (Fsp3) is 0.360. The molecule has 8 heteroatoms. The van der Waals surface area contributed by atoms with Crippen LogP contribution in [0.1, 0.15) is 35.2 Å². The van der Waals surface area contributed by atoms with Gasteiger partial charge in [-0.3, -0.25) is 14.5 Å². The van der Waals surface area contributed by atoms with Gasteiger partial charge in [-0.2, -0.15) is 4.98 Å². The van der Waals surface area contributed by atoms with Crippen molar-refractivity contribution < 1.29 is 14.1 Å². The summed E-state index contributed by atoms with van der Waals surface area (Å²) in [4.78, 5) is 32.7. The first-order valence-corrected chi connectivity index (χ1v) is 11.2. The van der Waals surface area contributed by atoms with Gasteiger partial charge < -0.3 is 14.7 Å². The third-order valence-corrected chi connectivity index (χ3v) is 5.83. The van der Waals surface area contributed by atoms with Crippen LogP contribution in [0.5, 0.6) is 0 Å². The number of aromatic nitrogens is 2. The van der Waals surface area contributed by atoms with Crippen molar-refractivity contribution in [1.29, 1.82) is 0 Å². The van der Waals surface area contributed by atoms with Gasteiger partial charge in [0.25, 0.3) is 0 Å². The van der Waals surface area contributed by atoms with Crippen LogP contribution in [-0.2, 0) is 11.3 Å². The summed E-state index contributed by atoms with van der Waals surface area (Å²) in [7, 11) is 0. The van der Waals surface area contributed by atoms with Crippen molar-refractivity contribution in [2.24, 2.45) is 0 Å². The molecule has 4 rings (SSSR count). The van der Waals surface area contributed by atoms with Crippen molar-refractivity contribution >= 4 is 17.4 Å². The van der Waals surface area contributed by atoms with Gasteiger partial charge >= 0.3 is 0 Å². The number of carbonyl (C=O) groups is 2. The lowest BCUT2D eigenvalue weighted by Gasteiger charge is -2.33. The number of nitrogens with one attached hydrogen (secondary N) is 1. The number of anilines is 1. The highest BCUT2D eigenvalue weighted by atomic mass is 16.5. The van der Waals surface area contributed by atoms with Crippen LogP contribution >= 0.6 is 0 Å². The molecule has 0 unspecified atom stereocenters. The normalized spacial score (nSPS) is 14.8. The Labute approximate surface area is 193 Å². The zero-order valence-electron chi connectivity index (χ0n) is 19.1. The van der Waals surface area contributed by atoms with Gasteiger partial charge in [-0.15, -0.1) is 0 Å². The first-order chi connectivity index (χ1) is 16.0. The van der Waals surface area contributed by atoms with E-state index in [0.29, 0.717) is 42.5 Å². The summed E-state index contributed by atoms with van der Waals surface area (Å²) in [6.07, 6.45) is 0.429. The standard InChI is InChI=1S/C25H29N5O3/c1-18-3-5-21(6-4-18)25-27-24(33-28-25)17-30-15-13-29(14-16-30)12-11-23(32)26-22-9-7-20(8-10-22)19(2)31/h3-10H,11-17H2,1-2H3,(H,26,32). The number of rotatable bonds is 8. The lowest BCUT2D eigenvalue weighted by atomic mass is 10.1. The van der Waals surface area contributed by atoms with Crippen LogP contribution in [0, 0.1) is 6.92 Å². The van der Waals surface area contributed by atoms with Crippen molar-refractivity contribution in [3.05, 3.63) is 65.5 Å². The number of aryl methyl sites for hydroxylation is 1. The van der Waals surface area contributed by atoms with E-state index in [4.69, 9.17) is 4.52 Å². The molecule has 0 aliphatic carbocycles. The van der Waals surface area contributed by atoms with Crippen molar-refractivity contribution in [2.45, 2.75) is 26.8 Å². The monoisotopic (exact) mass is 447 g/mol. The smallest absolute Gasteiger partial charge is 0.241 e. The van der Waals surface area contributed by atoms with Crippen molar-refractivity contribution in [3.63, 3.8) is 0 Å². The topological polar surface area (TPSA) is 91.6 Å². The van der Waals surface area contributed by atoms with Crippen LogP contribution < -0.4 is 5.32 Å². The Balaban J connectivity index is 1.18. The first-order valence-electron chi connectivity index (χ1n) is 11.2. The SMILES string of the molecule is CC(=O)c1ccc(NC(=O)CCN2CCN(Cc3nc(-c4ccc(C)cc4)no3)CC2)cc1. The Morgan fingerprint density at radius 1 is 0.970 bits per heavy atom. The second kappa shape index (κ2) is 10.5. The maximum atomic E-state index is 12.3. The van der Waals surface area contributed by atoms with Crippen LogP contribution in [0.25, 0.3) is 11.4 Å². The number of hydrogen-bond acceptors (Lipinski definition) is 7. The minimum absolute atomic E-state index is 0.0119. The lowest BCUT2D eigenvalue weighted by molar-refractivity contribution is -0.116. The number of carbonyl (C=O) groups excluding carboxylic acids is 2. The van der Waals surface area contributed by atoms with Crippen LogP contribution in [0.15, 0.2) is 53.1 Å². The summed E-state index contributed by atoms with van der Waals surface area (Å²) >= 11 is 0. The summed E-state index contributed by atoms with van der Waals surface area (Å²) in [5.74, 6) is 1.22. The highest BCUT2D eigenvalue weighted by Crippen LogP contribution is 2.17. The molecule has 8 nitrogen and oxygen atoms in total. The van der Waals surface area contributed by atoms with Gasteiger partial charge in [0.05, 0.1) is 6.54 Å². The molecule has 2 aromatic carbocycles. The van der Waals surface area contributed by atoms with E-state index in [2.05, 4.69) is 25.3 Å². The molecule has 0 atom stereocenters. The summed E-state index contributed by atoms with van der Waals surface area (Å²) in [5.41, 5.74) is 3.49. The molecule has 172 valence electrons. The van der Waals surface area contributed by atoms with E-state index in [9.17, 15) is 9.59 Å². The van der Waals surface area contributed by atoms with Crippen LogP contribution in [0.4, 0.5) is 5.69 Å². The van der Waals surface area contributed by atoms with Crippen molar-refractivity contribution in [2.75, 3.05) is 38.0 Å². The largest absolute Gasteiger partial charge is 0.338 e. The molecule has 3 aromatic rings. The lowest BCUT2D eigenvalue weighted by Crippen LogP contribution is -2.46. The van der Waals surface area contributed by atoms with Crippen LogP contribution in [0.3, 0.4) is 0 Å². The quantitative estimate of drug-likeness (QED) is 0.529. The fourth-order valence-electron chi connectivity index (χ4n) is 3.77. The molecule has 0 saturated carbocycles. The van der Waals surface area contributed by atoms with Gasteiger partial charge in [0.1, 0.15) is 0 Å². The van der Waals surface area contributed by atoms with Crippen molar-refractivity contribution in [1.82, 2.24) is 19.9 Å². The van der Waals surface area contributed by atoms with E-state index in [-0.39, 0.29) is 11.7 Å². The predicted octanol–water partition coefficient (Wildman–Crippen LogP) is 3.39. The summed E-state index contributed by atoms with van der Waals surface area (Å²) in [6.45, 7) is 8.46. The van der Waals surface area contributed by atoms with Gasteiger partial charge in [-0.25, -0.2) is 0 Å². The molecule has 1 amide bonds. The Bertz CT molecular complexity index is 1080. The molecule has 1 saturated heterocycles. The molecule has 0 spiro atoms. The number of hydrogen-bond donors (Lipinski definition) is 1. The molecule has 0 radical (unpaired) electrons. The number of Topliss-reactive ketones (excluding diaryl/α,β-unsaturated/α-hetero) is 1. The molecular weight excluding hydrogens is 418 g/mol. The Kier molecular flexibility index (Phi) is 7.26. The van der Waals surface area contributed by atoms with E-state index < -0.39 is 0 Å². The molecule has 1 N–H and O–H groups in total. The minimum Gasteiger partial charge on any atom is -0.338 e. The Hall–Kier alpha value is -3.36. The second-order valence-corrected chi connectivity index (χ2v) is 8.43. The average Bonchev–Trinajstić information content (AvgIpc) is 3.28. The molecule has 33 heavy (non-hydrogen) atoms. The zero-order valence-corrected chi connectivity index (χ0v) is 19.1. The molecule has 1 fully saturated rings. The van der Waals surface area contributed by atoms with Gasteiger partial charge in [-0.1, -0.05) is 35.0 Å². The molecule has 0 bridgehead atoms. The molecule has 1 aromatic heterocycles. The molecular formula is C25H29N5O3. The van der Waals surface area contributed by atoms with Crippen LogP contribution in [0.2, 0.25) is 0 Å². The summed E-state index contributed by atoms with van der Waals surface area (Å²) in [5, 5.41) is 7.00. The third kappa shape index (κ3) is 6.34. The van der Waals surface area contributed by atoms with E-state index >= 15 is 0 Å². The number of nitrogens with zero attached hydrogens (tertiary/aromatic N) is 4. The summed E-state index contributed by atoms with van der Waals surface area (Å²) < 4.78 is 5.45. The Morgan fingerprint density at radius 3 is 2.30 bits per heavy atom. The molecule has 1 aliphatic rings. The van der Waals surface area contributed by atoms with Crippen LogP contribution in [-0.4, -0.2) is 64.4 Å².